The fraction of sp³-hybridized carbons (Fsp3) is 0.679. The SMILES string of the molecule is COc1ccc(C)c(CC[C@H]2C(=O)CC[C@@]3(C)C2CC[C@@H]3[C@H](C)CCC=C(C)C)c1. The van der Waals surface area contributed by atoms with Gasteiger partial charge in [0.2, 0.25) is 0 Å². The van der Waals surface area contributed by atoms with Crippen LogP contribution < -0.4 is 4.74 Å². The van der Waals surface area contributed by atoms with Crippen LogP contribution in [0.5, 0.6) is 5.75 Å². The number of hydrogen-bond acceptors (Lipinski definition) is 2. The Balaban J connectivity index is 1.70. The summed E-state index contributed by atoms with van der Waals surface area (Å²) in [5.41, 5.74) is 4.40. The van der Waals surface area contributed by atoms with Crippen LogP contribution in [0.3, 0.4) is 0 Å². The Bertz CT molecular complexity index is 773. The van der Waals surface area contributed by atoms with E-state index in [0.29, 0.717) is 17.1 Å². The molecule has 0 aromatic heterocycles. The summed E-state index contributed by atoms with van der Waals surface area (Å²) in [5, 5.41) is 0. The molecule has 0 N–H and O–H groups in total. The molecule has 30 heavy (non-hydrogen) atoms. The van der Waals surface area contributed by atoms with Gasteiger partial charge in [-0.05, 0) is 112 Å². The van der Waals surface area contributed by atoms with Gasteiger partial charge < -0.3 is 4.74 Å². The molecule has 2 aliphatic carbocycles. The van der Waals surface area contributed by atoms with Gasteiger partial charge in [-0.25, -0.2) is 0 Å². The first-order valence-electron chi connectivity index (χ1n) is 12.1. The van der Waals surface area contributed by atoms with Gasteiger partial charge >= 0.3 is 0 Å². The number of benzene rings is 1. The zero-order chi connectivity index (χ0) is 21.9. The standard InChI is InChI=1S/C28H42O2/c1-19(2)8-7-9-21(4)25-14-15-26-24(27(29)16-17-28(25,26)5)13-11-22-18-23(30-6)12-10-20(22)3/h8,10,12,18,21,24-26H,7,9,11,13-17H2,1-6H3/t21-,24-,25-,26?,28-/m1/s1. The Kier molecular flexibility index (Phi) is 7.47. The third kappa shape index (κ3) is 4.84. The van der Waals surface area contributed by atoms with Crippen molar-refractivity contribution in [2.75, 3.05) is 7.11 Å². The van der Waals surface area contributed by atoms with Crippen LogP contribution in [0.4, 0.5) is 0 Å². The van der Waals surface area contributed by atoms with Crippen molar-refractivity contribution in [3.8, 4) is 5.75 Å². The normalized spacial score (nSPS) is 29.4. The highest BCUT2D eigenvalue weighted by Crippen LogP contribution is 2.59. The molecule has 0 spiro atoms. The van der Waals surface area contributed by atoms with Gasteiger partial charge in [0.15, 0.2) is 0 Å². The summed E-state index contributed by atoms with van der Waals surface area (Å²) in [7, 11) is 1.72. The van der Waals surface area contributed by atoms with Gasteiger partial charge in [0.25, 0.3) is 0 Å². The van der Waals surface area contributed by atoms with Gasteiger partial charge in [-0.1, -0.05) is 31.6 Å². The third-order valence-electron chi connectivity index (χ3n) is 8.43. The largest absolute Gasteiger partial charge is 0.497 e. The summed E-state index contributed by atoms with van der Waals surface area (Å²) in [5.74, 6) is 3.76. The number of Topliss-reactive ketones (excluding diaryl/α,β-unsaturated/α-hetero) is 1. The second kappa shape index (κ2) is 9.71. The molecule has 0 bridgehead atoms. The average molecular weight is 411 g/mol. The third-order valence-corrected chi connectivity index (χ3v) is 8.43. The predicted molar refractivity (Wildman–Crippen MR) is 126 cm³/mol. The minimum absolute atomic E-state index is 0.240. The second-order valence-corrected chi connectivity index (χ2v) is 10.5. The van der Waals surface area contributed by atoms with E-state index in [1.54, 1.807) is 7.11 Å². The lowest BCUT2D eigenvalue weighted by Crippen LogP contribution is -2.43. The number of hydrogen-bond donors (Lipinski definition) is 0. The van der Waals surface area contributed by atoms with E-state index >= 15 is 0 Å². The van der Waals surface area contributed by atoms with E-state index in [-0.39, 0.29) is 5.92 Å². The Hall–Kier alpha value is -1.57. The van der Waals surface area contributed by atoms with Crippen molar-refractivity contribution in [3.63, 3.8) is 0 Å². The number of ketones is 1. The Morgan fingerprint density at radius 2 is 2.07 bits per heavy atom. The molecule has 1 aromatic carbocycles. The van der Waals surface area contributed by atoms with E-state index in [1.807, 2.05) is 6.07 Å². The highest BCUT2D eigenvalue weighted by Gasteiger charge is 2.54. The lowest BCUT2D eigenvalue weighted by molar-refractivity contribution is -0.132. The number of methoxy groups -OCH3 is 1. The molecule has 2 heteroatoms. The zero-order valence-corrected chi connectivity index (χ0v) is 20.1. The van der Waals surface area contributed by atoms with Crippen LogP contribution in [-0.2, 0) is 11.2 Å². The zero-order valence-electron chi connectivity index (χ0n) is 20.1. The summed E-state index contributed by atoms with van der Waals surface area (Å²) in [6.45, 7) is 11.5. The van der Waals surface area contributed by atoms with Gasteiger partial charge in [-0.15, -0.1) is 0 Å². The van der Waals surface area contributed by atoms with Gasteiger partial charge in [0.1, 0.15) is 11.5 Å². The molecule has 0 saturated heterocycles. The number of ether oxygens (including phenoxy) is 1. The van der Waals surface area contributed by atoms with E-state index < -0.39 is 0 Å². The summed E-state index contributed by atoms with van der Waals surface area (Å²) in [4.78, 5) is 13.0. The number of carbonyl (C=O) groups excluding carboxylic acids is 1. The van der Waals surface area contributed by atoms with Crippen molar-refractivity contribution in [1.29, 1.82) is 0 Å². The van der Waals surface area contributed by atoms with Crippen LogP contribution >= 0.6 is 0 Å². The van der Waals surface area contributed by atoms with Crippen LogP contribution in [0, 0.1) is 36.0 Å². The maximum absolute atomic E-state index is 13.0. The summed E-state index contributed by atoms with van der Waals surface area (Å²) < 4.78 is 5.42. The van der Waals surface area contributed by atoms with Gasteiger partial charge in [-0.3, -0.25) is 4.79 Å². The molecule has 166 valence electrons. The molecule has 2 fully saturated rings. The van der Waals surface area contributed by atoms with Crippen molar-refractivity contribution >= 4 is 5.78 Å². The number of rotatable bonds is 8. The van der Waals surface area contributed by atoms with E-state index in [1.165, 1.54) is 42.4 Å². The van der Waals surface area contributed by atoms with E-state index in [4.69, 9.17) is 4.74 Å². The molecule has 2 nitrogen and oxygen atoms in total. The lowest BCUT2D eigenvalue weighted by atomic mass is 9.58. The van der Waals surface area contributed by atoms with Crippen molar-refractivity contribution in [1.82, 2.24) is 0 Å². The van der Waals surface area contributed by atoms with Crippen LogP contribution in [0.15, 0.2) is 29.8 Å². The Labute approximate surface area is 184 Å². The van der Waals surface area contributed by atoms with Crippen LogP contribution in [0.1, 0.15) is 83.8 Å². The average Bonchev–Trinajstić information content (AvgIpc) is 3.05. The summed E-state index contributed by atoms with van der Waals surface area (Å²) in [6.07, 6.45) is 11.3. The molecule has 2 saturated carbocycles. The Morgan fingerprint density at radius 1 is 1.30 bits per heavy atom. The number of fused-ring (bicyclic) bond motifs is 1. The highest BCUT2D eigenvalue weighted by molar-refractivity contribution is 5.82. The first-order valence-corrected chi connectivity index (χ1v) is 12.1. The van der Waals surface area contributed by atoms with Crippen LogP contribution in [-0.4, -0.2) is 12.9 Å². The fourth-order valence-electron chi connectivity index (χ4n) is 6.62. The predicted octanol–water partition coefficient (Wildman–Crippen LogP) is 7.33. The van der Waals surface area contributed by atoms with Crippen molar-refractivity contribution in [3.05, 3.63) is 41.0 Å². The van der Waals surface area contributed by atoms with E-state index in [9.17, 15) is 4.79 Å². The van der Waals surface area contributed by atoms with Gasteiger partial charge in [0.05, 0.1) is 7.11 Å². The molecule has 0 heterocycles. The second-order valence-electron chi connectivity index (χ2n) is 10.5. The smallest absolute Gasteiger partial charge is 0.136 e. The van der Waals surface area contributed by atoms with Crippen molar-refractivity contribution in [2.45, 2.75) is 86.0 Å². The van der Waals surface area contributed by atoms with E-state index in [2.05, 4.69) is 52.8 Å². The van der Waals surface area contributed by atoms with Crippen molar-refractivity contribution < 1.29 is 9.53 Å². The molecule has 1 aromatic rings. The molecule has 0 radical (unpaired) electrons. The molecular formula is C28H42O2. The number of allylic oxidation sites excluding steroid dienone is 2. The molecule has 1 unspecified atom stereocenters. The molecule has 0 amide bonds. The number of carbonyl (C=O) groups is 1. The fourth-order valence-corrected chi connectivity index (χ4v) is 6.62. The minimum Gasteiger partial charge on any atom is -0.497 e. The minimum atomic E-state index is 0.240. The Morgan fingerprint density at radius 3 is 2.77 bits per heavy atom. The van der Waals surface area contributed by atoms with Gasteiger partial charge in [-0.2, -0.15) is 0 Å². The summed E-state index contributed by atoms with van der Waals surface area (Å²) >= 11 is 0. The monoisotopic (exact) mass is 410 g/mol. The van der Waals surface area contributed by atoms with Crippen molar-refractivity contribution in [2.24, 2.45) is 29.1 Å². The molecular weight excluding hydrogens is 368 g/mol. The molecule has 3 rings (SSSR count). The molecule has 2 aliphatic rings. The van der Waals surface area contributed by atoms with Gasteiger partial charge in [0, 0.05) is 12.3 Å². The van der Waals surface area contributed by atoms with Crippen LogP contribution in [0.25, 0.3) is 0 Å². The molecule has 5 atom stereocenters. The quantitative estimate of drug-likeness (QED) is 0.419. The highest BCUT2D eigenvalue weighted by atomic mass is 16.5. The summed E-state index contributed by atoms with van der Waals surface area (Å²) in [6, 6.07) is 6.32. The number of aryl methyl sites for hydroxylation is 2. The maximum atomic E-state index is 13.0. The first-order chi connectivity index (χ1) is 14.3. The first kappa shape index (κ1) is 23.1. The topological polar surface area (TPSA) is 26.3 Å². The van der Waals surface area contributed by atoms with Crippen LogP contribution in [0.2, 0.25) is 0 Å². The lowest BCUT2D eigenvalue weighted by Gasteiger charge is -2.46. The van der Waals surface area contributed by atoms with E-state index in [0.717, 1.165) is 43.3 Å². The molecule has 0 aliphatic heterocycles. The maximum Gasteiger partial charge on any atom is 0.136 e.